The number of hydrogen-bond acceptors (Lipinski definition) is 1. The molecule has 1 aromatic heterocycles. The molecule has 308 valence electrons. The smallest absolute Gasteiger partial charge is 0.0547 e. The van der Waals surface area contributed by atoms with Crippen LogP contribution in [0.5, 0.6) is 0 Å². The number of nitrogens with zero attached hydrogens (tertiary/aromatic N) is 2. The number of rotatable bonds is 8. The van der Waals surface area contributed by atoms with Crippen molar-refractivity contribution in [3.05, 3.63) is 254 Å². The highest BCUT2D eigenvalue weighted by molar-refractivity contribution is 6.10. The maximum atomic E-state index is 2.50. The molecule has 65 heavy (non-hydrogen) atoms. The Morgan fingerprint density at radius 3 is 1.71 bits per heavy atom. The summed E-state index contributed by atoms with van der Waals surface area (Å²) in [5.74, 6) is 0. The molecule has 0 saturated carbocycles. The molecule has 0 radical (unpaired) electrons. The zero-order valence-corrected chi connectivity index (χ0v) is 36.5. The average Bonchev–Trinajstić information content (AvgIpc) is 3.83. The molecule has 2 heteroatoms. The minimum Gasteiger partial charge on any atom is -0.309 e. The number of aromatic nitrogens is 1. The summed E-state index contributed by atoms with van der Waals surface area (Å²) in [5.41, 5.74) is 21.5. The van der Waals surface area contributed by atoms with E-state index in [0.717, 1.165) is 45.0 Å². The molecule has 0 saturated heterocycles. The summed E-state index contributed by atoms with van der Waals surface area (Å²) in [7, 11) is 0. The van der Waals surface area contributed by atoms with E-state index >= 15 is 0 Å². The van der Waals surface area contributed by atoms with Gasteiger partial charge in [-0.05, 0) is 110 Å². The first-order chi connectivity index (χ1) is 32.0. The summed E-state index contributed by atoms with van der Waals surface area (Å²) in [6.45, 7) is 4.73. The van der Waals surface area contributed by atoms with Crippen molar-refractivity contribution in [3.8, 4) is 61.3 Å². The molecule has 0 amide bonds. The standard InChI is InChI=1S/C63H46N2/c1-63(2)56-32-15-12-30-54(56)62-53(31-19-33-57(62)63)51-29-14-17-35-59(51)65(60-39-37-46(43-20-6-3-7-21-43)41-55(60)44-22-8-4-9-23-44)49-27-18-24-45(40-49)47-36-38-52-50-28-13-16-34-58(50)64(61(52)42-47)48-25-10-5-11-26-48/h3-42H,1-2H3. The lowest BCUT2D eigenvalue weighted by atomic mass is 9.82. The van der Waals surface area contributed by atoms with Crippen molar-refractivity contribution in [3.63, 3.8) is 0 Å². The number of fused-ring (bicyclic) bond motifs is 6. The second-order valence-electron chi connectivity index (χ2n) is 17.7. The van der Waals surface area contributed by atoms with E-state index in [1.807, 2.05) is 0 Å². The average molecular weight is 831 g/mol. The largest absolute Gasteiger partial charge is 0.309 e. The van der Waals surface area contributed by atoms with E-state index in [9.17, 15) is 0 Å². The number of para-hydroxylation sites is 3. The van der Waals surface area contributed by atoms with Crippen molar-refractivity contribution in [2.75, 3.05) is 4.90 Å². The molecule has 0 aliphatic heterocycles. The summed E-state index contributed by atoms with van der Waals surface area (Å²) in [6, 6.07) is 89.0. The van der Waals surface area contributed by atoms with Crippen LogP contribution >= 0.6 is 0 Å². The first kappa shape index (κ1) is 38.5. The third-order valence-electron chi connectivity index (χ3n) is 13.6. The van der Waals surface area contributed by atoms with Gasteiger partial charge in [-0.2, -0.15) is 0 Å². The van der Waals surface area contributed by atoms with E-state index in [1.165, 1.54) is 66.3 Å². The van der Waals surface area contributed by atoms with Gasteiger partial charge in [0, 0.05) is 38.7 Å². The summed E-state index contributed by atoms with van der Waals surface area (Å²) in [5, 5.41) is 2.49. The lowest BCUT2D eigenvalue weighted by molar-refractivity contribution is 0.660. The van der Waals surface area contributed by atoms with Crippen molar-refractivity contribution in [2.45, 2.75) is 19.3 Å². The van der Waals surface area contributed by atoms with Crippen molar-refractivity contribution in [2.24, 2.45) is 0 Å². The Morgan fingerprint density at radius 2 is 0.892 bits per heavy atom. The molecule has 0 N–H and O–H groups in total. The Morgan fingerprint density at radius 1 is 0.338 bits per heavy atom. The molecule has 2 nitrogen and oxygen atoms in total. The fourth-order valence-corrected chi connectivity index (χ4v) is 10.5. The van der Waals surface area contributed by atoms with Gasteiger partial charge in [-0.3, -0.25) is 0 Å². The molecule has 12 rings (SSSR count). The normalized spacial score (nSPS) is 12.6. The molecular formula is C63H46N2. The van der Waals surface area contributed by atoms with Crippen LogP contribution < -0.4 is 4.90 Å². The predicted molar refractivity (Wildman–Crippen MR) is 275 cm³/mol. The number of anilines is 3. The van der Waals surface area contributed by atoms with Gasteiger partial charge in [-0.15, -0.1) is 0 Å². The van der Waals surface area contributed by atoms with Crippen molar-refractivity contribution in [1.82, 2.24) is 4.57 Å². The van der Waals surface area contributed by atoms with Gasteiger partial charge < -0.3 is 9.47 Å². The van der Waals surface area contributed by atoms with Gasteiger partial charge in [0.05, 0.1) is 22.4 Å². The van der Waals surface area contributed by atoms with Crippen molar-refractivity contribution >= 4 is 38.9 Å². The Hall–Kier alpha value is -8.20. The van der Waals surface area contributed by atoms with E-state index < -0.39 is 0 Å². The van der Waals surface area contributed by atoms with Crippen molar-refractivity contribution < 1.29 is 0 Å². The number of benzene rings is 10. The van der Waals surface area contributed by atoms with Crippen LogP contribution in [0.3, 0.4) is 0 Å². The van der Waals surface area contributed by atoms with E-state index in [-0.39, 0.29) is 5.41 Å². The van der Waals surface area contributed by atoms with Crippen molar-refractivity contribution in [1.29, 1.82) is 0 Å². The van der Waals surface area contributed by atoms with Crippen LogP contribution in [0.25, 0.3) is 83.1 Å². The van der Waals surface area contributed by atoms with E-state index in [4.69, 9.17) is 0 Å². The first-order valence-corrected chi connectivity index (χ1v) is 22.6. The van der Waals surface area contributed by atoms with E-state index in [2.05, 4.69) is 266 Å². The second kappa shape index (κ2) is 15.6. The zero-order chi connectivity index (χ0) is 43.5. The van der Waals surface area contributed by atoms with Crippen LogP contribution in [0.4, 0.5) is 17.1 Å². The highest BCUT2D eigenvalue weighted by Crippen LogP contribution is 2.54. The summed E-state index contributed by atoms with van der Waals surface area (Å²) in [6.07, 6.45) is 0. The SMILES string of the molecule is CC1(C)c2ccccc2-c2c(-c3ccccc3N(c3cccc(-c4ccc5c6ccccc6n(-c6ccccc6)c5c4)c3)c3ccc(-c4ccccc4)cc3-c3ccccc3)cccc21. The quantitative estimate of drug-likeness (QED) is 0.148. The van der Waals surface area contributed by atoms with Gasteiger partial charge in [0.25, 0.3) is 0 Å². The van der Waals surface area contributed by atoms with Crippen LogP contribution in [0, 0.1) is 0 Å². The number of hydrogen-bond donors (Lipinski definition) is 0. The fraction of sp³-hybridized carbons (Fsp3) is 0.0476. The van der Waals surface area contributed by atoms with Gasteiger partial charge >= 0.3 is 0 Å². The minimum absolute atomic E-state index is 0.119. The molecule has 0 bridgehead atoms. The van der Waals surface area contributed by atoms with Gasteiger partial charge in [-0.1, -0.05) is 202 Å². The third-order valence-corrected chi connectivity index (χ3v) is 13.6. The molecule has 11 aromatic rings. The summed E-state index contributed by atoms with van der Waals surface area (Å²) < 4.78 is 2.40. The minimum atomic E-state index is -0.119. The van der Waals surface area contributed by atoms with Crippen LogP contribution in [0.2, 0.25) is 0 Å². The molecule has 10 aromatic carbocycles. The molecule has 1 heterocycles. The third kappa shape index (κ3) is 6.40. The Kier molecular flexibility index (Phi) is 9.21. The van der Waals surface area contributed by atoms with Crippen LogP contribution in [-0.2, 0) is 5.41 Å². The highest BCUT2D eigenvalue weighted by atomic mass is 15.1. The van der Waals surface area contributed by atoms with Gasteiger partial charge in [0.1, 0.15) is 0 Å². The Balaban J connectivity index is 1.10. The molecule has 0 unspecified atom stereocenters. The topological polar surface area (TPSA) is 8.17 Å². The fourth-order valence-electron chi connectivity index (χ4n) is 10.5. The van der Waals surface area contributed by atoms with E-state index in [0.29, 0.717) is 0 Å². The van der Waals surface area contributed by atoms with Crippen LogP contribution in [0.15, 0.2) is 243 Å². The van der Waals surface area contributed by atoms with Gasteiger partial charge in [-0.25, -0.2) is 0 Å². The van der Waals surface area contributed by atoms with Gasteiger partial charge in [0.2, 0.25) is 0 Å². The Labute approximate surface area is 381 Å². The van der Waals surface area contributed by atoms with E-state index in [1.54, 1.807) is 0 Å². The highest BCUT2D eigenvalue weighted by Gasteiger charge is 2.37. The first-order valence-electron chi connectivity index (χ1n) is 22.6. The van der Waals surface area contributed by atoms with Crippen LogP contribution in [-0.4, -0.2) is 4.57 Å². The molecular weight excluding hydrogens is 785 g/mol. The van der Waals surface area contributed by atoms with Gasteiger partial charge in [0.15, 0.2) is 0 Å². The lowest BCUT2D eigenvalue weighted by Crippen LogP contribution is -2.15. The second-order valence-corrected chi connectivity index (χ2v) is 17.7. The summed E-state index contributed by atoms with van der Waals surface area (Å²) >= 11 is 0. The Bertz CT molecular complexity index is 3560. The molecule has 1 aliphatic rings. The monoisotopic (exact) mass is 830 g/mol. The molecule has 0 atom stereocenters. The van der Waals surface area contributed by atoms with Crippen LogP contribution in [0.1, 0.15) is 25.0 Å². The maximum Gasteiger partial charge on any atom is 0.0547 e. The summed E-state index contributed by atoms with van der Waals surface area (Å²) in [4.78, 5) is 2.50. The zero-order valence-electron chi connectivity index (χ0n) is 36.5. The lowest BCUT2D eigenvalue weighted by Gasteiger charge is -2.31. The molecule has 0 fully saturated rings. The molecule has 1 aliphatic carbocycles. The predicted octanol–water partition coefficient (Wildman–Crippen LogP) is 17.2. The maximum absolute atomic E-state index is 2.50. The molecule has 0 spiro atoms.